The summed E-state index contributed by atoms with van der Waals surface area (Å²) in [6.07, 6.45) is 0. The number of carboxylic acids is 1. The molecule has 1 aromatic carbocycles. The number of aliphatic carboxylic acids is 1. The number of nitrogens with zero attached hydrogens (tertiary/aromatic N) is 1. The Bertz CT molecular complexity index is 508. The number of carbonyl (C=O) groups is 2. The molecular weight excluding hydrogens is 295 g/mol. The summed E-state index contributed by atoms with van der Waals surface area (Å²) in [5.41, 5.74) is 0.191. The number of carbonyl (C=O) groups excluding carboxylic acids is 1. The second kappa shape index (κ2) is 5.66. The van der Waals surface area contributed by atoms with Gasteiger partial charge in [-0.25, -0.2) is 14.0 Å². The van der Waals surface area contributed by atoms with Crippen LogP contribution in [0.3, 0.4) is 0 Å². The Hall–Kier alpha value is -1.47. The largest absolute Gasteiger partial charge is 0.480 e. The summed E-state index contributed by atoms with van der Waals surface area (Å²) >= 11 is 7.02. The molecule has 0 bridgehead atoms. The van der Waals surface area contributed by atoms with Gasteiger partial charge in [0.2, 0.25) is 0 Å². The van der Waals surface area contributed by atoms with Crippen LogP contribution >= 0.6 is 23.4 Å². The number of halogens is 2. The van der Waals surface area contributed by atoms with Crippen molar-refractivity contribution in [2.75, 3.05) is 16.9 Å². The normalized spacial score (nSPS) is 18.4. The molecule has 1 aliphatic rings. The van der Waals surface area contributed by atoms with E-state index in [1.807, 2.05) is 0 Å². The highest BCUT2D eigenvalue weighted by atomic mass is 35.5. The second-order valence-electron chi connectivity index (χ2n) is 3.91. The molecule has 8 heteroatoms. The molecule has 1 atom stereocenters. The molecule has 102 valence electrons. The highest BCUT2D eigenvalue weighted by Gasteiger charge is 2.34. The van der Waals surface area contributed by atoms with Crippen molar-refractivity contribution in [2.45, 2.75) is 6.04 Å². The SMILES string of the molecule is O=C(O)C1CSCN1C(=O)Nc1cc(F)cc(Cl)c1. The summed E-state index contributed by atoms with van der Waals surface area (Å²) in [4.78, 5) is 24.1. The molecule has 0 spiro atoms. The first-order valence-corrected chi connectivity index (χ1v) is 6.85. The van der Waals surface area contributed by atoms with E-state index >= 15 is 0 Å². The van der Waals surface area contributed by atoms with Crippen LogP contribution in [0.1, 0.15) is 0 Å². The number of urea groups is 1. The van der Waals surface area contributed by atoms with Gasteiger partial charge in [-0.05, 0) is 18.2 Å². The van der Waals surface area contributed by atoms with Crippen LogP contribution in [0.2, 0.25) is 5.02 Å². The molecule has 0 aliphatic carbocycles. The highest BCUT2D eigenvalue weighted by molar-refractivity contribution is 7.99. The van der Waals surface area contributed by atoms with E-state index in [0.717, 1.165) is 12.1 Å². The van der Waals surface area contributed by atoms with Crippen LogP contribution in [-0.2, 0) is 4.79 Å². The number of carboxylic acid groups (broad SMARTS) is 1. The minimum atomic E-state index is -1.06. The fraction of sp³-hybridized carbons (Fsp3) is 0.273. The molecule has 2 N–H and O–H groups in total. The van der Waals surface area contributed by atoms with Crippen molar-refractivity contribution in [2.24, 2.45) is 0 Å². The molecule has 1 saturated heterocycles. The smallest absolute Gasteiger partial charge is 0.327 e. The van der Waals surface area contributed by atoms with Gasteiger partial charge in [0.05, 0.1) is 5.88 Å². The maximum atomic E-state index is 13.1. The first kappa shape index (κ1) is 14.0. The summed E-state index contributed by atoms with van der Waals surface area (Å²) in [7, 11) is 0. The summed E-state index contributed by atoms with van der Waals surface area (Å²) in [5.74, 6) is -1.01. The van der Waals surface area contributed by atoms with Crippen LogP contribution in [-0.4, -0.2) is 39.7 Å². The Morgan fingerprint density at radius 1 is 1.47 bits per heavy atom. The fourth-order valence-corrected chi connectivity index (χ4v) is 3.04. The lowest BCUT2D eigenvalue weighted by atomic mass is 10.3. The zero-order chi connectivity index (χ0) is 14.0. The molecule has 2 amide bonds. The summed E-state index contributed by atoms with van der Waals surface area (Å²) in [6, 6.07) is 2.17. The van der Waals surface area contributed by atoms with Crippen LogP contribution in [0, 0.1) is 5.82 Å². The lowest BCUT2D eigenvalue weighted by Crippen LogP contribution is -2.43. The Morgan fingerprint density at radius 2 is 2.21 bits per heavy atom. The maximum Gasteiger partial charge on any atom is 0.327 e. The van der Waals surface area contributed by atoms with Crippen molar-refractivity contribution in [3.05, 3.63) is 29.0 Å². The Balaban J connectivity index is 2.10. The first-order chi connectivity index (χ1) is 8.97. The number of amides is 2. The van der Waals surface area contributed by atoms with Crippen LogP contribution in [0.25, 0.3) is 0 Å². The van der Waals surface area contributed by atoms with E-state index < -0.39 is 23.9 Å². The van der Waals surface area contributed by atoms with Gasteiger partial charge in [-0.15, -0.1) is 11.8 Å². The number of thioether (sulfide) groups is 1. The molecule has 2 rings (SSSR count). The van der Waals surface area contributed by atoms with Crippen molar-refractivity contribution >= 4 is 41.1 Å². The Morgan fingerprint density at radius 3 is 2.84 bits per heavy atom. The fourth-order valence-electron chi connectivity index (χ4n) is 1.67. The third-order valence-corrected chi connectivity index (χ3v) is 3.77. The predicted molar refractivity (Wildman–Crippen MR) is 71.0 cm³/mol. The van der Waals surface area contributed by atoms with Gasteiger partial charge in [-0.1, -0.05) is 11.6 Å². The molecular formula is C11H10ClFN2O3S. The van der Waals surface area contributed by atoms with E-state index in [-0.39, 0.29) is 16.6 Å². The van der Waals surface area contributed by atoms with Gasteiger partial charge in [0.25, 0.3) is 0 Å². The van der Waals surface area contributed by atoms with E-state index in [9.17, 15) is 14.0 Å². The molecule has 1 fully saturated rings. The van der Waals surface area contributed by atoms with Crippen LogP contribution < -0.4 is 5.32 Å². The molecule has 1 aliphatic heterocycles. The van der Waals surface area contributed by atoms with Gasteiger partial charge in [0, 0.05) is 16.5 Å². The highest BCUT2D eigenvalue weighted by Crippen LogP contribution is 2.23. The molecule has 19 heavy (non-hydrogen) atoms. The van der Waals surface area contributed by atoms with E-state index in [2.05, 4.69) is 5.32 Å². The summed E-state index contributed by atoms with van der Waals surface area (Å²) < 4.78 is 13.1. The lowest BCUT2D eigenvalue weighted by Gasteiger charge is -2.20. The first-order valence-electron chi connectivity index (χ1n) is 5.31. The molecule has 0 saturated carbocycles. The standard InChI is InChI=1S/C11H10ClFN2O3S/c12-6-1-7(13)3-8(2-6)14-11(18)15-5-19-4-9(15)10(16)17/h1-3,9H,4-5H2,(H,14,18)(H,16,17). The van der Waals surface area contributed by atoms with E-state index in [1.54, 1.807) is 0 Å². The predicted octanol–water partition coefficient (Wildman–Crippen LogP) is 2.47. The van der Waals surface area contributed by atoms with E-state index in [1.165, 1.54) is 22.7 Å². The zero-order valence-electron chi connectivity index (χ0n) is 9.60. The molecule has 0 radical (unpaired) electrons. The number of hydrogen-bond donors (Lipinski definition) is 2. The van der Waals surface area contributed by atoms with Crippen LogP contribution in [0.5, 0.6) is 0 Å². The lowest BCUT2D eigenvalue weighted by molar-refractivity contribution is -0.140. The molecule has 1 unspecified atom stereocenters. The van der Waals surface area contributed by atoms with Crippen molar-refractivity contribution in [3.63, 3.8) is 0 Å². The quantitative estimate of drug-likeness (QED) is 0.880. The van der Waals surface area contributed by atoms with Crippen LogP contribution in [0.4, 0.5) is 14.9 Å². The molecule has 5 nitrogen and oxygen atoms in total. The number of benzene rings is 1. The summed E-state index contributed by atoms with van der Waals surface area (Å²) in [5, 5.41) is 11.6. The van der Waals surface area contributed by atoms with Crippen molar-refractivity contribution in [1.29, 1.82) is 0 Å². The van der Waals surface area contributed by atoms with Crippen molar-refractivity contribution in [3.8, 4) is 0 Å². The molecule has 1 aromatic rings. The average Bonchev–Trinajstić information content (AvgIpc) is 2.75. The third-order valence-electron chi connectivity index (χ3n) is 2.54. The minimum Gasteiger partial charge on any atom is -0.480 e. The second-order valence-corrected chi connectivity index (χ2v) is 5.35. The van der Waals surface area contributed by atoms with Crippen molar-refractivity contribution in [1.82, 2.24) is 4.90 Å². The Labute approximate surface area is 117 Å². The van der Waals surface area contributed by atoms with E-state index in [4.69, 9.17) is 16.7 Å². The monoisotopic (exact) mass is 304 g/mol. The number of hydrogen-bond acceptors (Lipinski definition) is 3. The van der Waals surface area contributed by atoms with Gasteiger partial charge < -0.3 is 15.3 Å². The van der Waals surface area contributed by atoms with Crippen molar-refractivity contribution < 1.29 is 19.1 Å². The minimum absolute atomic E-state index is 0.154. The van der Waals surface area contributed by atoms with Crippen LogP contribution in [0.15, 0.2) is 18.2 Å². The zero-order valence-corrected chi connectivity index (χ0v) is 11.2. The van der Waals surface area contributed by atoms with E-state index in [0.29, 0.717) is 5.75 Å². The number of rotatable bonds is 2. The van der Waals surface area contributed by atoms with Gasteiger partial charge in [-0.3, -0.25) is 0 Å². The van der Waals surface area contributed by atoms with Gasteiger partial charge in [0.15, 0.2) is 0 Å². The van der Waals surface area contributed by atoms with Gasteiger partial charge in [0.1, 0.15) is 11.9 Å². The van der Waals surface area contributed by atoms with Gasteiger partial charge in [-0.2, -0.15) is 0 Å². The third kappa shape index (κ3) is 3.30. The number of anilines is 1. The number of nitrogens with one attached hydrogen (secondary N) is 1. The Kier molecular flexibility index (Phi) is 4.16. The molecule has 1 heterocycles. The topological polar surface area (TPSA) is 69.6 Å². The molecule has 0 aromatic heterocycles. The van der Waals surface area contributed by atoms with Gasteiger partial charge >= 0.3 is 12.0 Å². The average molecular weight is 305 g/mol. The summed E-state index contributed by atoms with van der Waals surface area (Å²) in [6.45, 7) is 0. The maximum absolute atomic E-state index is 13.1.